The van der Waals surface area contributed by atoms with E-state index in [0.29, 0.717) is 0 Å². The molecule has 0 spiro atoms. The number of nitrogens with zero attached hydrogens (tertiary/aromatic N) is 3. The molecule has 328 valence electrons. The molecule has 0 N–H and O–H groups in total. The number of aromatic nitrogens is 3. The molecule has 14 rings (SSSR count). The van der Waals surface area contributed by atoms with E-state index in [1.54, 1.807) is 0 Å². The Labute approximate surface area is 407 Å². The number of para-hydroxylation sites is 5. The van der Waals surface area contributed by atoms with Gasteiger partial charge in [-0.15, -0.1) is 0 Å². The topological polar surface area (TPSA) is 14.8 Å². The molecule has 0 aliphatic rings. The minimum absolute atomic E-state index is 1.13. The number of hydrogen-bond acceptors (Lipinski definition) is 0. The molecule has 14 aromatic rings. The van der Waals surface area contributed by atoms with Crippen LogP contribution >= 0.6 is 0 Å². The standard InChI is InChI=1S/C66H45N3Si/c1-5-22-46(23-6-1)47-42-44-48(45-43-47)67-59-37-18-15-32-56(59)64-60(67)38-21-39-61(64)69-65-54(33-19-40-62(65)68-57-35-16-13-30-52(57)53-31-14-17-36-58(53)68)55-34-20-41-63(66(55)69)70(49-24-7-2-8-25-49,50-26-9-3-10-27-50)51-28-11-4-12-29-51/h1-45H. The highest BCUT2D eigenvalue weighted by molar-refractivity contribution is 7.20. The van der Waals surface area contributed by atoms with E-state index in [1.165, 1.54) is 91.8 Å². The minimum atomic E-state index is -3.10. The third-order valence-corrected chi connectivity index (χ3v) is 19.6. The summed E-state index contributed by atoms with van der Waals surface area (Å²) < 4.78 is 7.64. The average molecular weight is 908 g/mol. The van der Waals surface area contributed by atoms with Crippen molar-refractivity contribution in [3.05, 3.63) is 273 Å². The van der Waals surface area contributed by atoms with Crippen LogP contribution in [0.15, 0.2) is 273 Å². The molecule has 3 heterocycles. The van der Waals surface area contributed by atoms with Gasteiger partial charge in [0.1, 0.15) is 0 Å². The molecule has 0 aliphatic carbocycles. The van der Waals surface area contributed by atoms with E-state index >= 15 is 0 Å². The minimum Gasteiger partial charge on any atom is -0.309 e. The van der Waals surface area contributed by atoms with Gasteiger partial charge in [0.25, 0.3) is 0 Å². The Morgan fingerprint density at radius 1 is 0.243 bits per heavy atom. The molecule has 70 heavy (non-hydrogen) atoms. The fourth-order valence-corrected chi connectivity index (χ4v) is 16.9. The second-order valence-electron chi connectivity index (χ2n) is 18.4. The zero-order chi connectivity index (χ0) is 46.2. The summed E-state index contributed by atoms with van der Waals surface area (Å²) in [5.74, 6) is 0. The van der Waals surface area contributed by atoms with Gasteiger partial charge in [-0.25, -0.2) is 0 Å². The first-order valence-corrected chi connectivity index (χ1v) is 26.2. The Balaban J connectivity index is 1.18. The van der Waals surface area contributed by atoms with Gasteiger partial charge in [-0.3, -0.25) is 0 Å². The van der Waals surface area contributed by atoms with Crippen molar-refractivity contribution in [3.8, 4) is 28.2 Å². The number of fused-ring (bicyclic) bond motifs is 9. The van der Waals surface area contributed by atoms with Crippen molar-refractivity contribution in [2.75, 3.05) is 0 Å². The lowest BCUT2D eigenvalue weighted by molar-refractivity contribution is 1.14. The molecule has 0 radical (unpaired) electrons. The number of rotatable bonds is 8. The summed E-state index contributed by atoms with van der Waals surface area (Å²) in [6.07, 6.45) is 0. The highest BCUT2D eigenvalue weighted by Gasteiger charge is 2.43. The number of hydrogen-bond donors (Lipinski definition) is 0. The van der Waals surface area contributed by atoms with Crippen molar-refractivity contribution in [1.82, 2.24) is 13.7 Å². The van der Waals surface area contributed by atoms with Crippen LogP contribution in [0.1, 0.15) is 0 Å². The molecule has 0 atom stereocenters. The SMILES string of the molecule is c1ccc(-c2ccc(-n3c4ccccc4c4c(-n5c6c(-n7c8ccccc8c8ccccc87)cccc6c6cccc([Si](c7ccccc7)(c7ccccc7)c7ccccc7)c65)cccc43)cc2)cc1. The van der Waals surface area contributed by atoms with E-state index in [2.05, 4.69) is 287 Å². The van der Waals surface area contributed by atoms with Crippen LogP contribution in [0.25, 0.3) is 93.6 Å². The number of benzene rings is 11. The first-order chi connectivity index (χ1) is 34.8. The predicted molar refractivity (Wildman–Crippen MR) is 299 cm³/mol. The maximum absolute atomic E-state index is 3.10. The summed E-state index contributed by atoms with van der Waals surface area (Å²) in [4.78, 5) is 0. The van der Waals surface area contributed by atoms with E-state index in [-0.39, 0.29) is 0 Å². The summed E-state index contributed by atoms with van der Waals surface area (Å²) >= 11 is 0. The molecule has 0 saturated heterocycles. The van der Waals surface area contributed by atoms with Crippen LogP contribution in [0.4, 0.5) is 0 Å². The van der Waals surface area contributed by atoms with E-state index in [1.807, 2.05) is 0 Å². The second-order valence-corrected chi connectivity index (χ2v) is 22.1. The molecule has 4 heteroatoms. The summed E-state index contributed by atoms with van der Waals surface area (Å²) in [5, 5.41) is 12.7. The summed E-state index contributed by atoms with van der Waals surface area (Å²) in [6, 6.07) is 102. The Bertz CT molecular complexity index is 4110. The van der Waals surface area contributed by atoms with Gasteiger partial charge in [0.05, 0.1) is 44.5 Å². The van der Waals surface area contributed by atoms with E-state index < -0.39 is 8.07 Å². The highest BCUT2D eigenvalue weighted by atomic mass is 28.3. The van der Waals surface area contributed by atoms with Gasteiger partial charge in [0, 0.05) is 38.0 Å². The molecule has 0 unspecified atom stereocenters. The molecular weight excluding hydrogens is 863 g/mol. The molecule has 3 aromatic heterocycles. The van der Waals surface area contributed by atoms with Gasteiger partial charge in [0.2, 0.25) is 0 Å². The Hall–Kier alpha value is -8.96. The molecule has 0 aliphatic heterocycles. The smallest absolute Gasteiger partial charge is 0.181 e. The third-order valence-electron chi connectivity index (χ3n) is 14.8. The van der Waals surface area contributed by atoms with Gasteiger partial charge in [-0.1, -0.05) is 224 Å². The lowest BCUT2D eigenvalue weighted by Crippen LogP contribution is -2.75. The molecule has 0 bridgehead atoms. The fourth-order valence-electron chi connectivity index (χ4n) is 11.9. The van der Waals surface area contributed by atoms with Crippen LogP contribution in [-0.2, 0) is 0 Å². The summed E-state index contributed by atoms with van der Waals surface area (Å²) in [6.45, 7) is 0. The first kappa shape index (κ1) is 40.1. The molecule has 0 saturated carbocycles. The van der Waals surface area contributed by atoms with Crippen LogP contribution in [-0.4, -0.2) is 21.8 Å². The quantitative estimate of drug-likeness (QED) is 0.107. The van der Waals surface area contributed by atoms with Gasteiger partial charge in [-0.05, 0) is 80.4 Å². The van der Waals surface area contributed by atoms with Crippen molar-refractivity contribution in [2.24, 2.45) is 0 Å². The highest BCUT2D eigenvalue weighted by Crippen LogP contribution is 2.43. The molecular formula is C66H45N3Si. The first-order valence-electron chi connectivity index (χ1n) is 24.2. The van der Waals surface area contributed by atoms with Crippen LogP contribution in [0.2, 0.25) is 0 Å². The van der Waals surface area contributed by atoms with Crippen molar-refractivity contribution < 1.29 is 0 Å². The van der Waals surface area contributed by atoms with Gasteiger partial charge in [-0.2, -0.15) is 0 Å². The fraction of sp³-hybridized carbons (Fsp3) is 0. The van der Waals surface area contributed by atoms with Crippen LogP contribution in [0.5, 0.6) is 0 Å². The van der Waals surface area contributed by atoms with Crippen molar-refractivity contribution in [1.29, 1.82) is 0 Å². The Morgan fingerprint density at radius 3 is 1.24 bits per heavy atom. The Morgan fingerprint density at radius 2 is 0.657 bits per heavy atom. The monoisotopic (exact) mass is 907 g/mol. The second kappa shape index (κ2) is 16.1. The largest absolute Gasteiger partial charge is 0.309 e. The van der Waals surface area contributed by atoms with E-state index in [0.717, 1.165) is 22.6 Å². The zero-order valence-corrected chi connectivity index (χ0v) is 39.3. The molecule has 0 fully saturated rings. The normalized spacial score (nSPS) is 12.0. The van der Waals surface area contributed by atoms with Gasteiger partial charge >= 0.3 is 0 Å². The zero-order valence-electron chi connectivity index (χ0n) is 38.3. The van der Waals surface area contributed by atoms with Crippen molar-refractivity contribution in [2.45, 2.75) is 0 Å². The van der Waals surface area contributed by atoms with Crippen molar-refractivity contribution >= 4 is 94.2 Å². The third kappa shape index (κ3) is 5.87. The maximum atomic E-state index is 2.67. The average Bonchev–Trinajstić information content (AvgIpc) is 4.09. The molecule has 3 nitrogen and oxygen atoms in total. The van der Waals surface area contributed by atoms with Crippen LogP contribution in [0.3, 0.4) is 0 Å². The maximum Gasteiger partial charge on any atom is 0.181 e. The predicted octanol–water partition coefficient (Wildman–Crippen LogP) is 14.0. The van der Waals surface area contributed by atoms with Crippen molar-refractivity contribution in [3.63, 3.8) is 0 Å². The molecule has 11 aromatic carbocycles. The van der Waals surface area contributed by atoms with E-state index in [9.17, 15) is 0 Å². The van der Waals surface area contributed by atoms with Crippen LogP contribution in [0, 0.1) is 0 Å². The van der Waals surface area contributed by atoms with Crippen LogP contribution < -0.4 is 20.7 Å². The lowest BCUT2D eigenvalue weighted by atomic mass is 10.1. The summed E-state index contributed by atoms with van der Waals surface area (Å²) in [5.41, 5.74) is 12.9. The summed E-state index contributed by atoms with van der Waals surface area (Å²) in [7, 11) is -3.10. The van der Waals surface area contributed by atoms with E-state index in [4.69, 9.17) is 0 Å². The van der Waals surface area contributed by atoms with Gasteiger partial charge in [0.15, 0.2) is 8.07 Å². The Kier molecular flexibility index (Phi) is 9.23. The lowest BCUT2D eigenvalue weighted by Gasteiger charge is -2.35. The molecule has 0 amide bonds. The van der Waals surface area contributed by atoms with Gasteiger partial charge < -0.3 is 13.7 Å².